The van der Waals surface area contributed by atoms with Gasteiger partial charge in [-0.1, -0.05) is 48.9 Å². The number of nitrogens with two attached hydrogens (primary N) is 1. The summed E-state index contributed by atoms with van der Waals surface area (Å²) in [4.78, 5) is 52.2. The molecule has 1 saturated heterocycles. The summed E-state index contributed by atoms with van der Waals surface area (Å²) in [5, 5.41) is 3.02. The van der Waals surface area contributed by atoms with Crippen LogP contribution >= 0.6 is 0 Å². The average Bonchev–Trinajstić information content (AvgIpc) is 3.34. The first-order chi connectivity index (χ1) is 21.4. The Morgan fingerprint density at radius 2 is 1.71 bits per heavy atom. The Labute approximate surface area is 267 Å². The monoisotopic (exact) mass is 619 g/mol. The van der Waals surface area contributed by atoms with E-state index < -0.39 is 17.5 Å². The molecule has 1 fully saturated rings. The molecule has 0 radical (unpaired) electrons. The summed E-state index contributed by atoms with van der Waals surface area (Å²) in [6, 6.07) is 16.2. The molecule has 244 valence electrons. The van der Waals surface area contributed by atoms with Gasteiger partial charge in [0.25, 0.3) is 6.02 Å². The Kier molecular flexibility index (Phi) is 11.2. The van der Waals surface area contributed by atoms with Crippen LogP contribution in [0.3, 0.4) is 0 Å². The lowest BCUT2D eigenvalue weighted by Gasteiger charge is -2.42. The lowest BCUT2D eigenvalue weighted by Crippen LogP contribution is -2.64. The maximum atomic E-state index is 14.1. The molecule has 2 aliphatic heterocycles. The van der Waals surface area contributed by atoms with Crippen molar-refractivity contribution in [3.8, 4) is 0 Å². The molecule has 2 aromatic carbocycles. The van der Waals surface area contributed by atoms with Crippen molar-refractivity contribution < 1.29 is 19.1 Å². The van der Waals surface area contributed by atoms with Gasteiger partial charge in [-0.3, -0.25) is 19.3 Å². The molecule has 3 amide bonds. The van der Waals surface area contributed by atoms with Crippen LogP contribution in [-0.2, 0) is 20.9 Å². The number of piperazine rings is 1. The number of nitrogens with zero attached hydrogens (tertiary/aromatic N) is 5. The average molecular weight is 620 g/mol. The van der Waals surface area contributed by atoms with Crippen LogP contribution in [0.1, 0.15) is 60.7 Å². The first-order valence-corrected chi connectivity index (χ1v) is 15.7. The normalized spacial score (nSPS) is 20.1. The highest BCUT2D eigenvalue weighted by atomic mass is 16.5. The Morgan fingerprint density at radius 1 is 1.02 bits per heavy atom. The first kappa shape index (κ1) is 33.9. The minimum atomic E-state index is -0.745. The third-order valence-electron chi connectivity index (χ3n) is 8.53. The number of unbranched alkanes of at least 4 members (excludes halogenated alkanes) is 1. The number of ether oxygens (including phenoxy) is 1. The van der Waals surface area contributed by atoms with Gasteiger partial charge in [-0.2, -0.15) is 0 Å². The molecule has 4 rings (SSSR count). The number of hydrogen-bond acceptors (Lipinski definition) is 8. The second-order valence-corrected chi connectivity index (χ2v) is 13.0. The van der Waals surface area contributed by atoms with Gasteiger partial charge in [-0.25, -0.2) is 4.99 Å². The van der Waals surface area contributed by atoms with Gasteiger partial charge in [0.15, 0.2) is 6.10 Å². The summed E-state index contributed by atoms with van der Waals surface area (Å²) in [6.45, 7) is 6.42. The number of hydrogen-bond donors (Lipinski definition) is 2. The molecular formula is C34H49N7O4. The number of amides is 3. The number of likely N-dealkylation sites (N-methyl/N-ethyl adjacent to an activating group) is 1. The third-order valence-corrected chi connectivity index (χ3v) is 8.53. The Hall–Kier alpha value is -3.96. The van der Waals surface area contributed by atoms with E-state index in [1.165, 1.54) is 0 Å². The fourth-order valence-electron chi connectivity index (χ4n) is 5.93. The Balaban J connectivity index is 1.52. The van der Waals surface area contributed by atoms with Gasteiger partial charge < -0.3 is 30.5 Å². The molecule has 0 bridgehead atoms. The zero-order valence-corrected chi connectivity index (χ0v) is 27.5. The summed E-state index contributed by atoms with van der Waals surface area (Å²) >= 11 is 0. The van der Waals surface area contributed by atoms with Crippen LogP contribution in [0.15, 0.2) is 59.6 Å². The molecule has 0 saturated carbocycles. The van der Waals surface area contributed by atoms with E-state index in [9.17, 15) is 14.4 Å². The quantitative estimate of drug-likeness (QED) is 0.350. The lowest BCUT2D eigenvalue weighted by atomic mass is 9.93. The van der Waals surface area contributed by atoms with Crippen LogP contribution in [0, 0.1) is 0 Å². The SMILES string of the molecule is CN(C)CCCC[C@H](C(=O)N1CCN(C2=NC(C)(C)C(c3ccccc3)O2)C[C@H]1C(=O)NCc1ccc(C(N)=O)cc1)N(C)C. The fourth-order valence-corrected chi connectivity index (χ4v) is 5.93. The van der Waals surface area contributed by atoms with Crippen molar-refractivity contribution in [2.45, 2.75) is 63.4 Å². The van der Waals surface area contributed by atoms with E-state index in [1.54, 1.807) is 29.2 Å². The Bertz CT molecular complexity index is 1340. The van der Waals surface area contributed by atoms with Crippen molar-refractivity contribution >= 4 is 23.7 Å². The maximum Gasteiger partial charge on any atom is 0.288 e. The van der Waals surface area contributed by atoms with E-state index >= 15 is 0 Å². The summed E-state index contributed by atoms with van der Waals surface area (Å²) in [7, 11) is 7.93. The van der Waals surface area contributed by atoms with Crippen molar-refractivity contribution in [1.29, 1.82) is 0 Å². The fraction of sp³-hybridized carbons (Fsp3) is 0.529. The highest BCUT2D eigenvalue weighted by Crippen LogP contribution is 2.38. The summed E-state index contributed by atoms with van der Waals surface area (Å²) < 4.78 is 6.45. The number of benzene rings is 2. The molecule has 2 heterocycles. The first-order valence-electron chi connectivity index (χ1n) is 15.7. The van der Waals surface area contributed by atoms with Crippen LogP contribution in [0.2, 0.25) is 0 Å². The highest BCUT2D eigenvalue weighted by Gasteiger charge is 2.45. The molecule has 2 aliphatic rings. The lowest BCUT2D eigenvalue weighted by molar-refractivity contribution is -0.147. The van der Waals surface area contributed by atoms with E-state index in [2.05, 4.69) is 10.2 Å². The van der Waals surface area contributed by atoms with E-state index in [1.807, 2.05) is 82.2 Å². The molecule has 3 N–H and O–H groups in total. The molecule has 45 heavy (non-hydrogen) atoms. The maximum absolute atomic E-state index is 14.1. The van der Waals surface area contributed by atoms with Gasteiger partial charge >= 0.3 is 0 Å². The number of carbonyl (C=O) groups is 3. The number of aliphatic imine (C=N–C) groups is 1. The van der Waals surface area contributed by atoms with Crippen LogP contribution in [0.4, 0.5) is 0 Å². The highest BCUT2D eigenvalue weighted by molar-refractivity contribution is 5.93. The predicted octanol–water partition coefficient (Wildman–Crippen LogP) is 2.48. The Morgan fingerprint density at radius 3 is 2.33 bits per heavy atom. The standard InChI is InChI=1S/C34H49N7O4/c1-34(2)29(25-12-8-7-9-13-25)45-33(37-34)40-20-21-41(32(44)27(39(5)6)14-10-11-19-38(3)4)28(23-40)31(43)36-22-24-15-17-26(18-16-24)30(35)42/h7-9,12-13,15-18,27-29H,10-11,14,19-23H2,1-6H3,(H2,35,42)(H,36,43)/t27-,28+,29?/m1/s1. The topological polar surface area (TPSA) is 124 Å². The van der Waals surface area contributed by atoms with Gasteiger partial charge in [-0.05, 0) is 84.7 Å². The smallest absolute Gasteiger partial charge is 0.288 e. The third kappa shape index (κ3) is 8.61. The minimum absolute atomic E-state index is 0.0489. The number of rotatable bonds is 12. The largest absolute Gasteiger partial charge is 0.454 e. The van der Waals surface area contributed by atoms with E-state index in [4.69, 9.17) is 15.5 Å². The van der Waals surface area contributed by atoms with Crippen LogP contribution in [-0.4, -0.2) is 115 Å². The van der Waals surface area contributed by atoms with Crippen molar-refractivity contribution in [2.75, 3.05) is 54.4 Å². The molecular weight excluding hydrogens is 570 g/mol. The van der Waals surface area contributed by atoms with Gasteiger partial charge in [0.1, 0.15) is 11.6 Å². The molecule has 0 aromatic heterocycles. The predicted molar refractivity (Wildman–Crippen MR) is 176 cm³/mol. The second-order valence-electron chi connectivity index (χ2n) is 13.0. The minimum Gasteiger partial charge on any atom is -0.454 e. The molecule has 11 nitrogen and oxygen atoms in total. The number of nitrogens with one attached hydrogen (secondary N) is 1. The molecule has 0 spiro atoms. The van der Waals surface area contributed by atoms with Crippen molar-refractivity contribution in [3.05, 3.63) is 71.3 Å². The molecule has 0 aliphatic carbocycles. The number of primary amides is 1. The number of carbonyl (C=O) groups excluding carboxylic acids is 3. The second kappa shape index (κ2) is 14.9. The molecule has 3 atom stereocenters. The molecule has 11 heteroatoms. The van der Waals surface area contributed by atoms with Gasteiger partial charge in [-0.15, -0.1) is 0 Å². The van der Waals surface area contributed by atoms with Crippen LogP contribution in [0.25, 0.3) is 0 Å². The zero-order chi connectivity index (χ0) is 32.7. The van der Waals surface area contributed by atoms with Gasteiger partial charge in [0.05, 0.1) is 12.6 Å². The van der Waals surface area contributed by atoms with Crippen LogP contribution in [0.5, 0.6) is 0 Å². The summed E-state index contributed by atoms with van der Waals surface area (Å²) in [6.07, 6.45) is 2.35. The van der Waals surface area contributed by atoms with Crippen molar-refractivity contribution in [1.82, 2.24) is 24.9 Å². The van der Waals surface area contributed by atoms with Gasteiger partial charge in [0, 0.05) is 25.2 Å². The molecule has 1 unspecified atom stereocenters. The van der Waals surface area contributed by atoms with E-state index in [-0.39, 0.29) is 37.0 Å². The summed E-state index contributed by atoms with van der Waals surface area (Å²) in [5.41, 5.74) is 7.13. The van der Waals surface area contributed by atoms with Crippen molar-refractivity contribution in [2.24, 2.45) is 10.7 Å². The van der Waals surface area contributed by atoms with E-state index in [0.29, 0.717) is 31.1 Å². The molecule has 2 aromatic rings. The summed E-state index contributed by atoms with van der Waals surface area (Å²) in [5.74, 6) is -0.809. The van der Waals surface area contributed by atoms with Gasteiger partial charge in [0.2, 0.25) is 17.7 Å². The zero-order valence-electron chi connectivity index (χ0n) is 27.5. The van der Waals surface area contributed by atoms with Crippen molar-refractivity contribution in [3.63, 3.8) is 0 Å². The van der Waals surface area contributed by atoms with E-state index in [0.717, 1.165) is 30.5 Å². The van der Waals surface area contributed by atoms with Crippen LogP contribution < -0.4 is 11.1 Å². The number of amidine groups is 1.